The van der Waals surface area contributed by atoms with Crippen LogP contribution in [0.25, 0.3) is 0 Å². The van der Waals surface area contributed by atoms with E-state index in [0.29, 0.717) is 0 Å². The Morgan fingerprint density at radius 1 is 1.20 bits per heavy atom. The van der Waals surface area contributed by atoms with Gasteiger partial charge in [0, 0.05) is 13.1 Å². The molecule has 88 valence electrons. The molecule has 0 heterocycles. The third kappa shape index (κ3) is 4.75. The van der Waals surface area contributed by atoms with E-state index in [2.05, 4.69) is 0 Å². The Morgan fingerprint density at radius 2 is 1.73 bits per heavy atom. The van der Waals surface area contributed by atoms with Gasteiger partial charge in [-0.25, -0.2) is 0 Å². The van der Waals surface area contributed by atoms with E-state index in [4.69, 9.17) is 15.3 Å². The molecule has 0 aromatic rings. The van der Waals surface area contributed by atoms with Gasteiger partial charge in [0.15, 0.2) is 0 Å². The summed E-state index contributed by atoms with van der Waals surface area (Å²) in [6.45, 7) is 3.05. The van der Waals surface area contributed by atoms with Crippen LogP contribution in [0.4, 0.5) is 0 Å². The fourth-order valence-electron chi connectivity index (χ4n) is 1.16. The molecule has 3 N–H and O–H groups in total. The first-order valence-electron chi connectivity index (χ1n) is 4.70. The van der Waals surface area contributed by atoms with Gasteiger partial charge in [-0.3, -0.25) is 14.5 Å². The first kappa shape index (κ1) is 13.9. The predicted molar refractivity (Wildman–Crippen MR) is 52.6 cm³/mol. The molecule has 0 saturated carbocycles. The summed E-state index contributed by atoms with van der Waals surface area (Å²) < 4.78 is 0. The van der Waals surface area contributed by atoms with Crippen molar-refractivity contribution in [1.29, 1.82) is 0 Å². The second-order valence-electron chi connectivity index (χ2n) is 3.47. The number of carboxylic acids is 2. The van der Waals surface area contributed by atoms with E-state index >= 15 is 0 Å². The quantitative estimate of drug-likeness (QED) is 0.532. The van der Waals surface area contributed by atoms with E-state index in [0.717, 1.165) is 0 Å². The molecule has 0 aliphatic heterocycles. The molecular weight excluding hydrogens is 202 g/mol. The van der Waals surface area contributed by atoms with Gasteiger partial charge >= 0.3 is 11.9 Å². The third-order valence-electron chi connectivity index (χ3n) is 2.22. The Kier molecular flexibility index (Phi) is 5.88. The van der Waals surface area contributed by atoms with Crippen LogP contribution in [0.15, 0.2) is 0 Å². The van der Waals surface area contributed by atoms with Gasteiger partial charge in [-0.05, 0) is 6.92 Å². The minimum Gasteiger partial charge on any atom is -0.481 e. The summed E-state index contributed by atoms with van der Waals surface area (Å²) in [4.78, 5) is 22.7. The van der Waals surface area contributed by atoms with Crippen LogP contribution in [0.3, 0.4) is 0 Å². The number of aliphatic carboxylic acids is 2. The number of carboxylic acid groups (broad SMARTS) is 2. The van der Waals surface area contributed by atoms with Gasteiger partial charge in [-0.1, -0.05) is 6.92 Å². The smallest absolute Gasteiger partial charge is 0.320 e. The van der Waals surface area contributed by atoms with Crippen molar-refractivity contribution in [3.05, 3.63) is 0 Å². The highest BCUT2D eigenvalue weighted by Crippen LogP contribution is 2.05. The van der Waals surface area contributed by atoms with E-state index in [9.17, 15) is 9.59 Å². The van der Waals surface area contributed by atoms with Gasteiger partial charge < -0.3 is 15.3 Å². The van der Waals surface area contributed by atoms with Crippen LogP contribution in [-0.2, 0) is 9.59 Å². The first-order valence-corrected chi connectivity index (χ1v) is 4.70. The number of carbonyl (C=O) groups is 2. The van der Waals surface area contributed by atoms with Gasteiger partial charge in [-0.2, -0.15) is 0 Å². The minimum atomic E-state index is -1.03. The third-order valence-corrected chi connectivity index (χ3v) is 2.22. The van der Waals surface area contributed by atoms with Crippen LogP contribution in [0.1, 0.15) is 13.8 Å². The summed E-state index contributed by atoms with van der Waals surface area (Å²) in [5, 5.41) is 26.2. The maximum absolute atomic E-state index is 10.7. The zero-order valence-corrected chi connectivity index (χ0v) is 8.88. The number of rotatable bonds is 7. The fourth-order valence-corrected chi connectivity index (χ4v) is 1.16. The molecule has 0 radical (unpaired) electrons. The van der Waals surface area contributed by atoms with Crippen molar-refractivity contribution in [2.24, 2.45) is 5.92 Å². The molecule has 6 heteroatoms. The van der Waals surface area contributed by atoms with Crippen LogP contribution in [0, 0.1) is 5.92 Å². The average Bonchev–Trinajstić information content (AvgIpc) is 2.15. The maximum Gasteiger partial charge on any atom is 0.320 e. The molecule has 2 atom stereocenters. The number of aliphatic hydroxyl groups excluding tert-OH is 1. The summed E-state index contributed by atoms with van der Waals surface area (Å²) in [5.74, 6) is -2.66. The number of aliphatic hydroxyl groups is 1. The van der Waals surface area contributed by atoms with Crippen molar-refractivity contribution in [2.75, 3.05) is 19.7 Å². The molecule has 0 rings (SSSR count). The summed E-state index contributed by atoms with van der Waals surface area (Å²) in [6.07, 6.45) is 0. The number of nitrogens with zero attached hydrogens (tertiary/aromatic N) is 1. The summed E-state index contributed by atoms with van der Waals surface area (Å²) in [6, 6.07) is -0.793. The highest BCUT2D eigenvalue weighted by Gasteiger charge is 2.24. The molecule has 0 bridgehead atoms. The van der Waals surface area contributed by atoms with Crippen molar-refractivity contribution in [2.45, 2.75) is 19.9 Å². The lowest BCUT2D eigenvalue weighted by molar-refractivity contribution is -0.146. The first-order chi connectivity index (χ1) is 6.90. The molecule has 0 aromatic heterocycles. The number of hydrogen-bond acceptors (Lipinski definition) is 4. The molecule has 2 unspecified atom stereocenters. The lowest BCUT2D eigenvalue weighted by Crippen LogP contribution is -2.44. The van der Waals surface area contributed by atoms with Crippen molar-refractivity contribution < 1.29 is 24.9 Å². The molecule has 0 aliphatic carbocycles. The van der Waals surface area contributed by atoms with E-state index in [1.807, 2.05) is 0 Å². The summed E-state index contributed by atoms with van der Waals surface area (Å²) >= 11 is 0. The molecule has 0 saturated heterocycles. The molecule has 0 spiro atoms. The summed E-state index contributed by atoms with van der Waals surface area (Å²) in [5.41, 5.74) is 0. The highest BCUT2D eigenvalue weighted by atomic mass is 16.4. The van der Waals surface area contributed by atoms with Crippen LogP contribution >= 0.6 is 0 Å². The second-order valence-corrected chi connectivity index (χ2v) is 3.47. The predicted octanol–water partition coefficient (Wildman–Crippen LogP) is -0.526. The Labute approximate surface area is 88.1 Å². The molecular formula is C9H17NO5. The normalized spacial score (nSPS) is 14.9. The van der Waals surface area contributed by atoms with Crippen molar-refractivity contribution in [3.8, 4) is 0 Å². The van der Waals surface area contributed by atoms with Crippen LogP contribution in [0.5, 0.6) is 0 Å². The van der Waals surface area contributed by atoms with E-state index < -0.39 is 23.9 Å². The lowest BCUT2D eigenvalue weighted by atomic mass is 10.1. The van der Waals surface area contributed by atoms with Gasteiger partial charge in [-0.15, -0.1) is 0 Å². The second kappa shape index (κ2) is 6.36. The molecule has 0 aromatic carbocycles. The van der Waals surface area contributed by atoms with E-state index in [1.165, 1.54) is 18.7 Å². The average molecular weight is 219 g/mol. The van der Waals surface area contributed by atoms with Gasteiger partial charge in [0.05, 0.1) is 12.5 Å². The SMILES string of the molecule is CC(CN(CCO)C(C)C(=O)O)C(=O)O. The van der Waals surface area contributed by atoms with E-state index in [-0.39, 0.29) is 19.7 Å². The van der Waals surface area contributed by atoms with Gasteiger partial charge in [0.1, 0.15) is 6.04 Å². The van der Waals surface area contributed by atoms with Crippen molar-refractivity contribution in [1.82, 2.24) is 4.90 Å². The molecule has 0 amide bonds. The van der Waals surface area contributed by atoms with Gasteiger partial charge in [0.25, 0.3) is 0 Å². The van der Waals surface area contributed by atoms with Gasteiger partial charge in [0.2, 0.25) is 0 Å². The zero-order valence-electron chi connectivity index (χ0n) is 8.88. The zero-order chi connectivity index (χ0) is 12.0. The van der Waals surface area contributed by atoms with Crippen LogP contribution in [0.2, 0.25) is 0 Å². The van der Waals surface area contributed by atoms with Crippen molar-refractivity contribution in [3.63, 3.8) is 0 Å². The fraction of sp³-hybridized carbons (Fsp3) is 0.778. The topological polar surface area (TPSA) is 98.1 Å². The Bertz CT molecular complexity index is 231. The summed E-state index contributed by atoms with van der Waals surface area (Å²) in [7, 11) is 0. The minimum absolute atomic E-state index is 0.114. The molecule has 0 aliphatic rings. The van der Waals surface area contributed by atoms with Crippen LogP contribution in [-0.4, -0.2) is 57.9 Å². The largest absolute Gasteiger partial charge is 0.481 e. The molecule has 15 heavy (non-hydrogen) atoms. The Hall–Kier alpha value is -1.14. The standard InChI is InChI=1S/C9H17NO5/c1-6(8(12)13)5-10(3-4-11)7(2)9(14)15/h6-7,11H,3-5H2,1-2H3,(H,12,13)(H,14,15). The highest BCUT2D eigenvalue weighted by molar-refractivity contribution is 5.73. The monoisotopic (exact) mass is 219 g/mol. The molecule has 6 nitrogen and oxygen atoms in total. The lowest BCUT2D eigenvalue weighted by Gasteiger charge is -2.26. The van der Waals surface area contributed by atoms with Crippen molar-refractivity contribution >= 4 is 11.9 Å². The molecule has 0 fully saturated rings. The maximum atomic E-state index is 10.7. The Morgan fingerprint density at radius 3 is 2.07 bits per heavy atom. The van der Waals surface area contributed by atoms with E-state index in [1.54, 1.807) is 0 Å². The van der Waals surface area contributed by atoms with Crippen LogP contribution < -0.4 is 0 Å². The number of hydrogen-bond donors (Lipinski definition) is 3. The Balaban J connectivity index is 4.39.